The maximum atomic E-state index is 12.5. The number of nitrogens with zero attached hydrogens (tertiary/aromatic N) is 3. The molecule has 0 unspecified atom stereocenters. The van der Waals surface area contributed by atoms with E-state index in [4.69, 9.17) is 4.74 Å². The molecule has 8 heteroatoms. The fourth-order valence-corrected chi connectivity index (χ4v) is 4.10. The number of ether oxygens (including phenoxy) is 2. The first-order valence-corrected chi connectivity index (χ1v) is 9.09. The molecule has 0 N–H and O–H groups in total. The smallest absolute Gasteiger partial charge is 0.360 e. The van der Waals surface area contributed by atoms with Gasteiger partial charge in [-0.3, -0.25) is 0 Å². The molecule has 3 rings (SSSR count). The molecule has 2 aromatic rings. The molecule has 0 saturated heterocycles. The zero-order valence-electron chi connectivity index (χ0n) is 14.5. The van der Waals surface area contributed by atoms with Gasteiger partial charge in [-0.1, -0.05) is 11.6 Å². The number of aryl methyl sites for hydroxylation is 2. The Morgan fingerprint density at radius 1 is 1.24 bits per heavy atom. The summed E-state index contributed by atoms with van der Waals surface area (Å²) >= 11 is 1.59. The molecule has 1 aliphatic carbocycles. The minimum absolute atomic E-state index is 0.122. The van der Waals surface area contributed by atoms with Crippen molar-refractivity contribution in [2.24, 2.45) is 0 Å². The van der Waals surface area contributed by atoms with Crippen molar-refractivity contribution >= 4 is 23.3 Å². The Balaban J connectivity index is 1.77. The standard InChI is InChI=1S/C17H21N3O4S/c1-10-8-12(11(2)25-10)16(21)24-15-7-5-4-6-14(15)20-9-13(18-19-20)17(22)23-3/h8-9,14-15H,4-7H2,1-3H3/t14-,15+/m0/s1. The first-order chi connectivity index (χ1) is 12.0. The summed E-state index contributed by atoms with van der Waals surface area (Å²) in [5.74, 6) is -0.827. The summed E-state index contributed by atoms with van der Waals surface area (Å²) in [5, 5.41) is 7.89. The van der Waals surface area contributed by atoms with Gasteiger partial charge in [0.25, 0.3) is 0 Å². The number of thiophene rings is 1. The van der Waals surface area contributed by atoms with E-state index in [1.165, 1.54) is 7.11 Å². The largest absolute Gasteiger partial charge is 0.464 e. The molecule has 0 amide bonds. The predicted molar refractivity (Wildman–Crippen MR) is 91.9 cm³/mol. The lowest BCUT2D eigenvalue weighted by atomic mass is 9.92. The van der Waals surface area contributed by atoms with Crippen molar-refractivity contribution in [1.82, 2.24) is 15.0 Å². The first-order valence-electron chi connectivity index (χ1n) is 8.27. The van der Waals surface area contributed by atoms with Crippen LogP contribution in [0.3, 0.4) is 0 Å². The van der Waals surface area contributed by atoms with E-state index in [0.717, 1.165) is 35.4 Å². The van der Waals surface area contributed by atoms with Crippen LogP contribution >= 0.6 is 11.3 Å². The monoisotopic (exact) mass is 363 g/mol. The molecular formula is C17H21N3O4S. The fourth-order valence-electron chi connectivity index (χ4n) is 3.19. The van der Waals surface area contributed by atoms with Gasteiger partial charge in [0.05, 0.1) is 24.9 Å². The Bertz CT molecular complexity index is 783. The van der Waals surface area contributed by atoms with E-state index in [1.54, 1.807) is 22.2 Å². The number of methoxy groups -OCH3 is 1. The van der Waals surface area contributed by atoms with E-state index in [9.17, 15) is 9.59 Å². The van der Waals surface area contributed by atoms with Crippen molar-refractivity contribution in [3.05, 3.63) is 33.3 Å². The van der Waals surface area contributed by atoms with Gasteiger partial charge in [0.2, 0.25) is 0 Å². The predicted octanol–water partition coefficient (Wildman–Crippen LogP) is 3.08. The number of hydrogen-bond donors (Lipinski definition) is 0. The molecule has 134 valence electrons. The molecule has 2 aromatic heterocycles. The molecule has 0 bridgehead atoms. The highest BCUT2D eigenvalue weighted by atomic mass is 32.1. The van der Waals surface area contributed by atoms with Gasteiger partial charge in [-0.25, -0.2) is 14.3 Å². The van der Waals surface area contributed by atoms with Crippen LogP contribution in [0.15, 0.2) is 12.3 Å². The Kier molecular flexibility index (Phi) is 5.17. The van der Waals surface area contributed by atoms with Crippen LogP contribution in [0.5, 0.6) is 0 Å². The van der Waals surface area contributed by atoms with Gasteiger partial charge >= 0.3 is 11.9 Å². The summed E-state index contributed by atoms with van der Waals surface area (Å²) in [7, 11) is 1.30. The Morgan fingerprint density at radius 3 is 2.68 bits per heavy atom. The lowest BCUT2D eigenvalue weighted by molar-refractivity contribution is 0.00172. The number of carbonyl (C=O) groups excluding carboxylic acids is 2. The summed E-state index contributed by atoms with van der Waals surface area (Å²) in [5.41, 5.74) is 0.781. The van der Waals surface area contributed by atoms with Crippen LogP contribution in [0.25, 0.3) is 0 Å². The Labute approximate surface area is 149 Å². The SMILES string of the molecule is COC(=O)c1cn([C@H]2CCCC[C@H]2OC(=O)c2cc(C)sc2C)nn1. The van der Waals surface area contributed by atoms with Crippen molar-refractivity contribution < 1.29 is 19.1 Å². The van der Waals surface area contributed by atoms with Gasteiger partial charge in [-0.15, -0.1) is 16.4 Å². The van der Waals surface area contributed by atoms with Crippen LogP contribution in [0.1, 0.15) is 62.3 Å². The highest BCUT2D eigenvalue weighted by Crippen LogP contribution is 2.32. The number of carbonyl (C=O) groups is 2. The van der Waals surface area contributed by atoms with Gasteiger partial charge in [0, 0.05) is 9.75 Å². The molecule has 1 fully saturated rings. The van der Waals surface area contributed by atoms with Gasteiger partial charge in [0.1, 0.15) is 6.10 Å². The van der Waals surface area contributed by atoms with Crippen LogP contribution in [0, 0.1) is 13.8 Å². The molecule has 1 aliphatic rings. The lowest BCUT2D eigenvalue weighted by Gasteiger charge is -2.30. The highest BCUT2D eigenvalue weighted by molar-refractivity contribution is 7.12. The summed E-state index contributed by atoms with van der Waals surface area (Å²) in [4.78, 5) is 26.2. The summed E-state index contributed by atoms with van der Waals surface area (Å²) in [6, 6.07) is 1.74. The van der Waals surface area contributed by atoms with Crippen LogP contribution in [-0.2, 0) is 9.47 Å². The second kappa shape index (κ2) is 7.35. The van der Waals surface area contributed by atoms with Gasteiger partial charge in [-0.05, 0) is 39.2 Å². The van der Waals surface area contributed by atoms with E-state index in [2.05, 4.69) is 15.0 Å². The van der Waals surface area contributed by atoms with Crippen LogP contribution in [0.4, 0.5) is 0 Å². The van der Waals surface area contributed by atoms with Gasteiger partial charge in [-0.2, -0.15) is 0 Å². The lowest BCUT2D eigenvalue weighted by Crippen LogP contribution is -2.32. The van der Waals surface area contributed by atoms with Gasteiger partial charge < -0.3 is 9.47 Å². The molecule has 0 radical (unpaired) electrons. The van der Waals surface area contributed by atoms with Crippen molar-refractivity contribution in [3.8, 4) is 0 Å². The average Bonchev–Trinajstić information content (AvgIpc) is 3.21. The van der Waals surface area contributed by atoms with Crippen LogP contribution < -0.4 is 0 Å². The van der Waals surface area contributed by atoms with Crippen molar-refractivity contribution in [1.29, 1.82) is 0 Å². The Morgan fingerprint density at radius 2 is 2.00 bits per heavy atom. The minimum atomic E-state index is -0.528. The number of rotatable bonds is 4. The van der Waals surface area contributed by atoms with Crippen LogP contribution in [0.2, 0.25) is 0 Å². The maximum absolute atomic E-state index is 12.5. The second-order valence-corrected chi connectivity index (χ2v) is 7.66. The summed E-state index contributed by atoms with van der Waals surface area (Å²) in [6.45, 7) is 3.90. The molecule has 25 heavy (non-hydrogen) atoms. The molecule has 7 nitrogen and oxygen atoms in total. The zero-order valence-corrected chi connectivity index (χ0v) is 15.3. The first kappa shape index (κ1) is 17.6. The Hall–Kier alpha value is -2.22. The topological polar surface area (TPSA) is 83.3 Å². The van der Waals surface area contributed by atoms with Gasteiger partial charge in [0.15, 0.2) is 5.69 Å². The minimum Gasteiger partial charge on any atom is -0.464 e. The molecule has 0 spiro atoms. The van der Waals surface area contributed by atoms with Crippen LogP contribution in [-0.4, -0.2) is 40.1 Å². The number of esters is 2. The van der Waals surface area contributed by atoms with Crippen molar-refractivity contribution in [3.63, 3.8) is 0 Å². The highest BCUT2D eigenvalue weighted by Gasteiger charge is 2.32. The quantitative estimate of drug-likeness (QED) is 0.776. The zero-order chi connectivity index (χ0) is 18.0. The normalized spacial score (nSPS) is 20.3. The number of hydrogen-bond acceptors (Lipinski definition) is 7. The van der Waals surface area contributed by atoms with Crippen molar-refractivity contribution in [2.75, 3.05) is 7.11 Å². The van der Waals surface area contributed by atoms with E-state index in [0.29, 0.717) is 5.56 Å². The summed E-state index contributed by atoms with van der Waals surface area (Å²) in [6.07, 6.45) is 4.88. The van der Waals surface area contributed by atoms with E-state index in [-0.39, 0.29) is 23.8 Å². The average molecular weight is 363 g/mol. The third-order valence-corrected chi connectivity index (χ3v) is 5.40. The molecular weight excluding hydrogens is 342 g/mol. The third-order valence-electron chi connectivity index (χ3n) is 4.43. The molecule has 2 atom stereocenters. The molecule has 0 aliphatic heterocycles. The van der Waals surface area contributed by atoms with E-state index in [1.807, 2.05) is 19.9 Å². The fraction of sp³-hybridized carbons (Fsp3) is 0.529. The number of aromatic nitrogens is 3. The van der Waals surface area contributed by atoms with E-state index < -0.39 is 5.97 Å². The van der Waals surface area contributed by atoms with Crippen molar-refractivity contribution in [2.45, 2.75) is 51.7 Å². The maximum Gasteiger partial charge on any atom is 0.360 e. The molecule has 1 saturated carbocycles. The molecule has 0 aromatic carbocycles. The third kappa shape index (κ3) is 3.73. The molecule has 2 heterocycles. The van der Waals surface area contributed by atoms with E-state index >= 15 is 0 Å². The second-order valence-electron chi connectivity index (χ2n) is 6.20. The summed E-state index contributed by atoms with van der Waals surface area (Å²) < 4.78 is 12.1.